The number of carboxylic acid groups (broad SMARTS) is 2. The number of rotatable bonds is 24. The van der Waals surface area contributed by atoms with Gasteiger partial charge < -0.3 is 39.8 Å². The highest BCUT2D eigenvalue weighted by Gasteiger charge is 2.27. The van der Waals surface area contributed by atoms with Crippen molar-refractivity contribution < 1.29 is 52.7 Å². The van der Waals surface area contributed by atoms with Crippen LogP contribution < -0.4 is 29.6 Å². The van der Waals surface area contributed by atoms with E-state index in [4.69, 9.17) is 30.5 Å². The van der Waals surface area contributed by atoms with Crippen molar-refractivity contribution in [3.8, 4) is 56.9 Å². The summed E-state index contributed by atoms with van der Waals surface area (Å²) in [5.41, 5.74) is 5.33. The molecule has 0 spiro atoms. The van der Waals surface area contributed by atoms with E-state index in [1.165, 1.54) is 23.9 Å². The number of methoxy groups -OCH3 is 2. The average molecular weight is 1110 g/mol. The van der Waals surface area contributed by atoms with Gasteiger partial charge in [-0.05, 0) is 115 Å². The fraction of sp³-hybridized carbons (Fsp3) is 0.258. The summed E-state index contributed by atoms with van der Waals surface area (Å²) >= 11 is 6.14. The minimum absolute atomic E-state index is 0.0401. The van der Waals surface area contributed by atoms with E-state index in [9.17, 15) is 33.8 Å². The van der Waals surface area contributed by atoms with Gasteiger partial charge in [0.25, 0.3) is 11.8 Å². The second kappa shape index (κ2) is 28.1. The van der Waals surface area contributed by atoms with Gasteiger partial charge in [0, 0.05) is 17.1 Å². The Hall–Kier alpha value is -8.96. The molecule has 4 N–H and O–H groups in total. The molecule has 0 aliphatic rings. The number of hydrogen-bond acceptors (Lipinski definition) is 10. The van der Waals surface area contributed by atoms with Gasteiger partial charge >= 0.3 is 11.9 Å². The Morgan fingerprint density at radius 3 is 1.35 bits per heavy atom. The first-order valence-corrected chi connectivity index (χ1v) is 26.3. The molecule has 0 unspecified atom stereocenters. The summed E-state index contributed by atoms with van der Waals surface area (Å²) in [7, 11) is 3.09. The Bertz CT molecular complexity index is 3370. The van der Waals surface area contributed by atoms with E-state index in [-0.39, 0.29) is 42.7 Å². The summed E-state index contributed by atoms with van der Waals surface area (Å²) in [6.45, 7) is 8.48. The fourth-order valence-corrected chi connectivity index (χ4v) is 9.09. The molecule has 2 heterocycles. The van der Waals surface area contributed by atoms with Gasteiger partial charge in [-0.1, -0.05) is 118 Å². The van der Waals surface area contributed by atoms with E-state index in [1.807, 2.05) is 107 Å². The molecular weight excluding hydrogens is 1040 g/mol. The summed E-state index contributed by atoms with van der Waals surface area (Å²) in [6, 6.07) is 45.3. The molecule has 18 heteroatoms. The van der Waals surface area contributed by atoms with Crippen molar-refractivity contribution in [1.29, 1.82) is 0 Å². The molecule has 0 aliphatic carbocycles. The number of aliphatic carboxylic acids is 2. The van der Waals surface area contributed by atoms with Gasteiger partial charge in [0.15, 0.2) is 11.4 Å². The highest BCUT2D eigenvalue weighted by molar-refractivity contribution is 6.30. The number of aromatic nitrogens is 4. The maximum absolute atomic E-state index is 14.3. The molecule has 8 aromatic rings. The summed E-state index contributed by atoms with van der Waals surface area (Å²) in [5.74, 6) is -1.05. The minimum Gasteiger partial charge on any atom is -0.496 e. The van der Waals surface area contributed by atoms with Crippen molar-refractivity contribution in [1.82, 2.24) is 30.2 Å². The summed E-state index contributed by atoms with van der Waals surface area (Å²) in [5, 5.41) is 34.1. The lowest BCUT2D eigenvalue weighted by Gasteiger charge is -2.18. The maximum atomic E-state index is 14.3. The van der Waals surface area contributed by atoms with Crippen molar-refractivity contribution in [3.05, 3.63) is 191 Å². The Morgan fingerprint density at radius 2 is 0.950 bits per heavy atom. The Kier molecular flexibility index (Phi) is 20.6. The number of nitrogens with one attached hydrogen (secondary N) is 2. The van der Waals surface area contributed by atoms with Crippen molar-refractivity contribution in [3.63, 3.8) is 0 Å². The van der Waals surface area contributed by atoms with Crippen LogP contribution in [0.1, 0.15) is 85.5 Å². The molecule has 0 aliphatic heterocycles. The molecule has 80 heavy (non-hydrogen) atoms. The van der Waals surface area contributed by atoms with E-state index in [1.54, 1.807) is 78.5 Å². The number of carboxylic acids is 2. The second-order valence-electron chi connectivity index (χ2n) is 19.6. The van der Waals surface area contributed by atoms with Crippen molar-refractivity contribution >= 4 is 35.4 Å². The van der Waals surface area contributed by atoms with Crippen LogP contribution in [0.25, 0.3) is 33.9 Å². The number of benzene rings is 6. The molecule has 2 aromatic heterocycles. The number of ether oxygens (including phenoxy) is 4. The van der Waals surface area contributed by atoms with Crippen LogP contribution in [0.5, 0.6) is 23.0 Å². The lowest BCUT2D eigenvalue weighted by Crippen LogP contribution is -2.37. The number of carbonyl (C=O) groups excluding carboxylic acids is 2. The Labute approximate surface area is 469 Å². The van der Waals surface area contributed by atoms with E-state index < -0.39 is 41.7 Å². The van der Waals surface area contributed by atoms with Crippen LogP contribution in [0.3, 0.4) is 0 Å². The van der Waals surface area contributed by atoms with Gasteiger partial charge in [0.2, 0.25) is 0 Å². The monoisotopic (exact) mass is 1110 g/mol. The Balaban J connectivity index is 0.000000231. The van der Waals surface area contributed by atoms with Crippen molar-refractivity contribution in [2.24, 2.45) is 11.8 Å². The molecule has 0 saturated heterocycles. The van der Waals surface area contributed by atoms with Crippen LogP contribution in [0.15, 0.2) is 158 Å². The number of amides is 2. The zero-order valence-corrected chi connectivity index (χ0v) is 46.0. The molecular formula is C62H64ClFN6O10. The molecule has 16 nitrogen and oxygen atoms in total. The third-order valence-corrected chi connectivity index (χ3v) is 12.7. The molecule has 0 radical (unpaired) electrons. The Morgan fingerprint density at radius 1 is 0.537 bits per heavy atom. The largest absolute Gasteiger partial charge is 0.496 e. The normalized spacial score (nSPS) is 11.7. The summed E-state index contributed by atoms with van der Waals surface area (Å²) < 4.78 is 41.2. The summed E-state index contributed by atoms with van der Waals surface area (Å²) in [4.78, 5) is 49.6. The lowest BCUT2D eigenvalue weighted by atomic mass is 10.0. The molecule has 0 saturated carbocycles. The fourth-order valence-electron chi connectivity index (χ4n) is 8.97. The third-order valence-electron chi connectivity index (χ3n) is 12.4. The van der Waals surface area contributed by atoms with Gasteiger partial charge in [-0.2, -0.15) is 10.2 Å². The molecule has 6 aromatic carbocycles. The standard InChI is InChI=1S/C31H32ClN3O5.C31H32FN3O5/c1-20(2)16-23(17-29(36)37)33-31(38)25-18-26(35(34-25)24-14-12-22(32)13-15-24)30-27(39-3)10-7-11-28(30)40-19-21-8-5-4-6-9-21;1-20(2)15-23(17-29(36)37)33-31(38)25-18-26(35(34-25)24-12-7-11-22(32)16-24)30-27(39-3)13-8-14-28(30)40-19-21-9-5-4-6-10-21/h4-15,18,20,23H,16-17,19H2,1-3H3,(H,33,38)(H,36,37);4-14,16,18,20,23H,15,17,19H2,1-3H3,(H,33,38)(H,36,37)/t2*23-/m00/s1. The molecule has 8 rings (SSSR count). The average Bonchev–Trinajstić information content (AvgIpc) is 4.19. The molecule has 416 valence electrons. The molecule has 0 fully saturated rings. The van der Waals surface area contributed by atoms with Gasteiger partial charge in [0.1, 0.15) is 42.0 Å². The molecule has 2 amide bonds. The topological polar surface area (TPSA) is 205 Å². The lowest BCUT2D eigenvalue weighted by molar-refractivity contribution is -0.138. The van der Waals surface area contributed by atoms with Crippen molar-refractivity contribution in [2.75, 3.05) is 14.2 Å². The van der Waals surface area contributed by atoms with Gasteiger partial charge in [-0.3, -0.25) is 19.2 Å². The predicted molar refractivity (Wildman–Crippen MR) is 304 cm³/mol. The van der Waals surface area contributed by atoms with Crippen LogP contribution in [0.4, 0.5) is 4.39 Å². The van der Waals surface area contributed by atoms with Crippen LogP contribution in [0, 0.1) is 17.7 Å². The highest BCUT2D eigenvalue weighted by Crippen LogP contribution is 2.42. The molecule has 0 bridgehead atoms. The van der Waals surface area contributed by atoms with Crippen LogP contribution in [-0.2, 0) is 22.8 Å². The van der Waals surface area contributed by atoms with Gasteiger partial charge in [-0.15, -0.1) is 0 Å². The van der Waals surface area contributed by atoms with E-state index in [0.29, 0.717) is 81.4 Å². The first-order valence-electron chi connectivity index (χ1n) is 26.0. The first kappa shape index (κ1) is 58.7. The van der Waals surface area contributed by atoms with Crippen molar-refractivity contribution in [2.45, 2.75) is 78.7 Å². The highest BCUT2D eigenvalue weighted by atomic mass is 35.5. The quantitative estimate of drug-likeness (QED) is 0.0446. The first-order chi connectivity index (χ1) is 38.5. The van der Waals surface area contributed by atoms with Crippen LogP contribution in [-0.4, -0.2) is 79.8 Å². The van der Waals surface area contributed by atoms with E-state index >= 15 is 0 Å². The second-order valence-corrected chi connectivity index (χ2v) is 20.1. The SMILES string of the molecule is COc1cccc(OCc2ccccc2)c1-c1cc(C(=O)N[C@H](CC(=O)O)CC(C)C)nn1-c1ccc(Cl)cc1.COc1cccc(OCc2ccccc2)c1-c1cc(C(=O)N[C@H](CC(=O)O)CC(C)C)nn1-c1cccc(F)c1. The van der Waals surface area contributed by atoms with Crippen LogP contribution >= 0.6 is 11.6 Å². The third kappa shape index (κ3) is 16.1. The number of halogens is 2. The summed E-state index contributed by atoms with van der Waals surface area (Å²) in [6.07, 6.45) is 0.607. The molecule has 2 atom stereocenters. The van der Waals surface area contributed by atoms with Gasteiger partial charge in [-0.25, -0.2) is 13.8 Å². The zero-order valence-electron chi connectivity index (χ0n) is 45.3. The van der Waals surface area contributed by atoms with Crippen LogP contribution in [0.2, 0.25) is 5.02 Å². The number of carbonyl (C=O) groups is 4. The number of nitrogens with zero attached hydrogens (tertiary/aromatic N) is 4. The predicted octanol–water partition coefficient (Wildman–Crippen LogP) is 12.3. The minimum atomic E-state index is -1.01. The van der Waals surface area contributed by atoms with E-state index in [0.717, 1.165) is 11.1 Å². The maximum Gasteiger partial charge on any atom is 0.305 e. The smallest absolute Gasteiger partial charge is 0.305 e. The van der Waals surface area contributed by atoms with Gasteiger partial charge in [0.05, 0.1) is 61.0 Å². The zero-order chi connectivity index (χ0) is 57.3. The van der Waals surface area contributed by atoms with E-state index in [2.05, 4.69) is 20.8 Å². The number of hydrogen-bond donors (Lipinski definition) is 4.